The number of para-hydroxylation sites is 2. The van der Waals surface area contributed by atoms with E-state index in [1.54, 1.807) is 0 Å². The minimum atomic E-state index is -5.07. The number of hydrogen-bond donors (Lipinski definition) is 1. The van der Waals surface area contributed by atoms with Gasteiger partial charge < -0.3 is 5.11 Å². The smallest absolute Gasteiger partial charge is 0.442 e. The molecule has 6 nitrogen and oxygen atoms in total. The topological polar surface area (TPSA) is 85.3 Å². The zero-order valence-corrected chi connectivity index (χ0v) is 11.0. The van der Waals surface area contributed by atoms with Crippen molar-refractivity contribution in [2.45, 2.75) is 6.18 Å². The molecule has 2 aromatic rings. The summed E-state index contributed by atoms with van der Waals surface area (Å²) in [4.78, 5) is 14.2. The lowest BCUT2D eigenvalue weighted by Crippen LogP contribution is -2.36. The van der Waals surface area contributed by atoms with E-state index in [9.17, 15) is 23.1 Å². The van der Waals surface area contributed by atoms with Crippen molar-refractivity contribution in [2.75, 3.05) is 0 Å². The van der Waals surface area contributed by atoms with Gasteiger partial charge in [-0.15, -0.1) is 0 Å². The molecule has 106 valence electrons. The predicted molar refractivity (Wildman–Crippen MR) is 61.7 cm³/mol. The van der Waals surface area contributed by atoms with Crippen LogP contribution in [0.3, 0.4) is 0 Å². The van der Waals surface area contributed by atoms with Gasteiger partial charge in [-0.3, -0.25) is 9.52 Å². The van der Waals surface area contributed by atoms with E-state index >= 15 is 0 Å². The van der Waals surface area contributed by atoms with Crippen LogP contribution in [0.2, 0.25) is 0 Å². The quantitative estimate of drug-likeness (QED) is 0.496. The molecule has 0 saturated carbocycles. The standard InChI is InChI=1S/C10H5BrF3N3O3/c11-7-8(18)20-16-17(7)6-4-2-1-3-5(6)15-9(19)10(12,13)14/h1-4H,(H-,15,16,18,19). The van der Waals surface area contributed by atoms with Crippen LogP contribution < -0.4 is 15.4 Å². The van der Waals surface area contributed by atoms with Gasteiger partial charge in [0.15, 0.2) is 0 Å². The highest BCUT2D eigenvalue weighted by molar-refractivity contribution is 9.10. The maximum absolute atomic E-state index is 12.2. The Labute approximate surface area is 117 Å². The summed E-state index contributed by atoms with van der Waals surface area (Å²) in [6.45, 7) is 0. The van der Waals surface area contributed by atoms with Gasteiger partial charge in [-0.2, -0.15) is 13.2 Å². The highest BCUT2D eigenvalue weighted by Gasteiger charge is 2.29. The third-order valence-corrected chi connectivity index (χ3v) is 2.86. The van der Waals surface area contributed by atoms with E-state index < -0.39 is 17.7 Å². The summed E-state index contributed by atoms with van der Waals surface area (Å²) in [5.74, 6) is -2.24. The molecule has 1 heterocycles. The van der Waals surface area contributed by atoms with Gasteiger partial charge in [0.05, 0.1) is 5.90 Å². The lowest BCUT2D eigenvalue weighted by molar-refractivity contribution is -0.679. The highest BCUT2D eigenvalue weighted by Crippen LogP contribution is 2.23. The molecule has 0 atom stereocenters. The summed E-state index contributed by atoms with van der Waals surface area (Å²) in [5.41, 5.74) is -0.984. The van der Waals surface area contributed by atoms with E-state index in [0.717, 1.165) is 4.68 Å². The third kappa shape index (κ3) is 2.74. The van der Waals surface area contributed by atoms with Gasteiger partial charge in [-0.05, 0) is 16.0 Å². The molecule has 0 aliphatic heterocycles. The van der Waals surface area contributed by atoms with Gasteiger partial charge >= 0.3 is 16.4 Å². The average molecular weight is 352 g/mol. The summed E-state index contributed by atoms with van der Waals surface area (Å²) in [7, 11) is 0. The molecular weight excluding hydrogens is 347 g/mol. The van der Waals surface area contributed by atoms with Gasteiger partial charge in [-0.25, -0.2) is 4.79 Å². The van der Waals surface area contributed by atoms with Crippen LogP contribution in [0.5, 0.6) is 0 Å². The molecule has 0 unspecified atom stereocenters. The number of halogens is 4. The fourth-order valence-electron chi connectivity index (χ4n) is 1.34. The van der Waals surface area contributed by atoms with Crippen molar-refractivity contribution in [3.63, 3.8) is 0 Å². The van der Waals surface area contributed by atoms with Gasteiger partial charge in [0.1, 0.15) is 5.69 Å². The van der Waals surface area contributed by atoms with Crippen LogP contribution in [-0.2, 0) is 0 Å². The second kappa shape index (κ2) is 5.12. The Morgan fingerprint density at radius 1 is 1.40 bits per heavy atom. The Bertz CT molecular complexity index is 720. The number of nitrogens with one attached hydrogen (secondary N) is 1. The van der Waals surface area contributed by atoms with Gasteiger partial charge in [0.25, 0.3) is 5.69 Å². The van der Waals surface area contributed by atoms with Crippen LogP contribution in [0.25, 0.3) is 5.69 Å². The number of hydrogen-bond acceptors (Lipinski definition) is 4. The number of alkyl halides is 3. The Morgan fingerprint density at radius 2 is 2.05 bits per heavy atom. The van der Waals surface area contributed by atoms with Crippen LogP contribution in [0.15, 0.2) is 43.2 Å². The first-order chi connectivity index (χ1) is 9.30. The monoisotopic (exact) mass is 351 g/mol. The molecule has 2 rings (SSSR count). The van der Waals surface area contributed by atoms with Crippen LogP contribution in [0.4, 0.5) is 18.9 Å². The Kier molecular flexibility index (Phi) is 3.66. The normalized spacial score (nSPS) is 12.7. The number of rotatable bonds is 2. The van der Waals surface area contributed by atoms with Crippen LogP contribution in [0.1, 0.15) is 0 Å². The van der Waals surface area contributed by atoms with Crippen molar-refractivity contribution in [3.8, 4) is 5.69 Å². The van der Waals surface area contributed by atoms with Gasteiger partial charge in [0.2, 0.25) is 0 Å². The van der Waals surface area contributed by atoms with E-state index in [-0.39, 0.29) is 16.0 Å². The first-order valence-corrected chi connectivity index (χ1v) is 5.81. The lowest BCUT2D eigenvalue weighted by atomic mass is 10.2. The number of aliphatic imine (C=N–C) groups is 1. The first kappa shape index (κ1) is 14.3. The molecule has 20 heavy (non-hydrogen) atoms. The molecule has 0 bridgehead atoms. The summed E-state index contributed by atoms with van der Waals surface area (Å²) in [6.07, 6.45) is -5.07. The fourth-order valence-corrected chi connectivity index (χ4v) is 1.68. The van der Waals surface area contributed by atoms with Crippen molar-refractivity contribution in [1.82, 2.24) is 5.27 Å². The van der Waals surface area contributed by atoms with E-state index in [2.05, 4.69) is 30.7 Å². The van der Waals surface area contributed by atoms with Crippen molar-refractivity contribution in [3.05, 3.63) is 39.3 Å². The second-order valence-electron chi connectivity index (χ2n) is 3.51. The summed E-state index contributed by atoms with van der Waals surface area (Å²) < 4.78 is 42.0. The molecule has 1 aromatic carbocycles. The average Bonchev–Trinajstić information content (AvgIpc) is 2.70. The predicted octanol–water partition coefficient (Wildman–Crippen LogP) is 0.960. The Hall–Kier alpha value is -2.10. The van der Waals surface area contributed by atoms with E-state index in [1.165, 1.54) is 24.3 Å². The maximum Gasteiger partial charge on any atom is 0.442 e. The van der Waals surface area contributed by atoms with Crippen molar-refractivity contribution in [2.24, 2.45) is 4.99 Å². The fraction of sp³-hybridized carbons (Fsp3) is 0.100. The van der Waals surface area contributed by atoms with Crippen molar-refractivity contribution in [1.29, 1.82) is 0 Å². The second-order valence-corrected chi connectivity index (χ2v) is 4.26. The molecule has 0 spiro atoms. The Balaban J connectivity index is 2.58. The molecule has 0 radical (unpaired) electrons. The lowest BCUT2D eigenvalue weighted by Gasteiger charge is -2.13. The van der Waals surface area contributed by atoms with Gasteiger partial charge in [-0.1, -0.05) is 12.1 Å². The van der Waals surface area contributed by atoms with Crippen LogP contribution in [0, 0.1) is 0 Å². The van der Waals surface area contributed by atoms with E-state index in [1.807, 2.05) is 0 Å². The molecule has 0 amide bonds. The van der Waals surface area contributed by atoms with E-state index in [0.29, 0.717) is 0 Å². The third-order valence-electron chi connectivity index (χ3n) is 2.18. The van der Waals surface area contributed by atoms with Crippen LogP contribution >= 0.6 is 15.9 Å². The van der Waals surface area contributed by atoms with E-state index in [4.69, 9.17) is 0 Å². The molecule has 10 heteroatoms. The van der Waals surface area contributed by atoms with Crippen molar-refractivity contribution >= 4 is 27.5 Å². The molecular formula is C10H5BrF3N3O3. The number of aromatic amines is 1. The number of aromatic nitrogens is 2. The molecule has 0 saturated heterocycles. The molecule has 1 aromatic heterocycles. The van der Waals surface area contributed by atoms with Crippen molar-refractivity contribution < 1.29 is 27.5 Å². The summed E-state index contributed by atoms with van der Waals surface area (Å²) in [5, 5.41) is 13.1. The minimum absolute atomic E-state index is 0.0443. The SMILES string of the molecule is O=c1o[nH][n+](-c2ccccc2N=C([O-])C(F)(F)F)c1Br. The van der Waals surface area contributed by atoms with Crippen LogP contribution in [-0.4, -0.2) is 17.3 Å². The zero-order valence-electron chi connectivity index (χ0n) is 9.44. The maximum atomic E-state index is 12.2. The number of nitrogens with zero attached hydrogens (tertiary/aromatic N) is 2. The Morgan fingerprint density at radius 3 is 2.60 bits per heavy atom. The number of benzene rings is 1. The highest BCUT2D eigenvalue weighted by atomic mass is 79.9. The summed E-state index contributed by atoms with van der Waals surface area (Å²) >= 11 is 2.90. The molecule has 0 aliphatic rings. The number of H-pyrrole nitrogens is 1. The minimum Gasteiger partial charge on any atom is -0.855 e. The molecule has 0 fully saturated rings. The van der Waals surface area contributed by atoms with Gasteiger partial charge in [0, 0.05) is 22.0 Å². The zero-order chi connectivity index (χ0) is 14.9. The largest absolute Gasteiger partial charge is 0.855 e. The summed E-state index contributed by atoms with van der Waals surface area (Å²) in [6, 6.07) is 5.46. The first-order valence-electron chi connectivity index (χ1n) is 5.02. The molecule has 1 N–H and O–H groups in total. The molecule has 0 aliphatic carbocycles.